The van der Waals surface area contributed by atoms with E-state index in [-0.39, 0.29) is 11.6 Å². The Morgan fingerprint density at radius 3 is 2.68 bits per heavy atom. The van der Waals surface area contributed by atoms with E-state index >= 15 is 0 Å². The van der Waals surface area contributed by atoms with Crippen molar-refractivity contribution in [3.63, 3.8) is 0 Å². The maximum atomic E-state index is 13.7. The van der Waals surface area contributed by atoms with Crippen molar-refractivity contribution in [3.8, 4) is 5.69 Å². The fourth-order valence-corrected chi connectivity index (χ4v) is 4.22. The molecule has 0 radical (unpaired) electrons. The van der Waals surface area contributed by atoms with Crippen molar-refractivity contribution in [1.29, 1.82) is 0 Å². The molecule has 0 aliphatic rings. The van der Waals surface area contributed by atoms with E-state index in [1.165, 1.54) is 0 Å². The predicted molar refractivity (Wildman–Crippen MR) is 128 cm³/mol. The topological polar surface area (TPSA) is 75.6 Å². The second-order valence-corrected chi connectivity index (χ2v) is 7.87. The zero-order chi connectivity index (χ0) is 21.5. The molecule has 3 heterocycles. The number of pyridine rings is 1. The number of nitrogens with zero attached hydrogens (tertiary/aromatic N) is 3. The number of fused-ring (bicyclic) bond motifs is 2. The Hall–Kier alpha value is -3.87. The molecule has 1 atom stereocenters. The molecule has 0 aliphatic carbocycles. The summed E-state index contributed by atoms with van der Waals surface area (Å²) in [5.41, 5.74) is 4.52. The third-order valence-electron chi connectivity index (χ3n) is 5.76. The second kappa shape index (κ2) is 7.43. The summed E-state index contributed by atoms with van der Waals surface area (Å²) >= 11 is 0. The number of hydrogen-bond donors (Lipinski definition) is 2. The van der Waals surface area contributed by atoms with Gasteiger partial charge in [-0.05, 0) is 49.2 Å². The molecule has 5 rings (SSSR count). The lowest BCUT2D eigenvalue weighted by molar-refractivity contribution is 0.774. The van der Waals surface area contributed by atoms with Crippen LogP contribution in [0.25, 0.3) is 27.5 Å². The van der Waals surface area contributed by atoms with Crippen LogP contribution in [0.4, 0.5) is 5.82 Å². The van der Waals surface area contributed by atoms with Gasteiger partial charge in [-0.3, -0.25) is 9.36 Å². The molecule has 2 N–H and O–H groups in total. The fourth-order valence-electron chi connectivity index (χ4n) is 4.22. The normalized spacial score (nSPS) is 12.3. The van der Waals surface area contributed by atoms with Crippen molar-refractivity contribution in [2.24, 2.45) is 0 Å². The van der Waals surface area contributed by atoms with Crippen LogP contribution >= 0.6 is 0 Å². The SMILES string of the molecule is Bc1c[nH]c2ncnc(N[C@@H](C)c3cc4cccc(C)c4c(=O)n3-c3ccccc3)c12. The molecule has 0 saturated carbocycles. The Morgan fingerprint density at radius 2 is 1.87 bits per heavy atom. The van der Waals surface area contributed by atoms with E-state index in [2.05, 4.69) is 26.3 Å². The molecule has 0 bridgehead atoms. The molecule has 5 aromatic rings. The van der Waals surface area contributed by atoms with E-state index in [4.69, 9.17) is 0 Å². The molecule has 0 amide bonds. The molecule has 2 aromatic carbocycles. The summed E-state index contributed by atoms with van der Waals surface area (Å²) in [6, 6.07) is 17.6. The summed E-state index contributed by atoms with van der Waals surface area (Å²) in [5, 5.41) is 6.15. The third-order valence-corrected chi connectivity index (χ3v) is 5.76. The van der Waals surface area contributed by atoms with Gasteiger partial charge in [0, 0.05) is 11.4 Å². The molecule has 31 heavy (non-hydrogen) atoms. The molecule has 6 nitrogen and oxygen atoms in total. The zero-order valence-electron chi connectivity index (χ0n) is 17.7. The van der Waals surface area contributed by atoms with Crippen LogP contribution in [-0.2, 0) is 0 Å². The Bertz CT molecular complexity index is 1470. The van der Waals surface area contributed by atoms with Crippen LogP contribution < -0.4 is 16.3 Å². The van der Waals surface area contributed by atoms with Crippen LogP contribution in [0.5, 0.6) is 0 Å². The first kappa shape index (κ1) is 19.1. The van der Waals surface area contributed by atoms with E-state index in [0.29, 0.717) is 0 Å². The summed E-state index contributed by atoms with van der Waals surface area (Å²) < 4.78 is 1.80. The van der Waals surface area contributed by atoms with Crippen LogP contribution in [0, 0.1) is 6.92 Å². The van der Waals surface area contributed by atoms with Gasteiger partial charge in [-0.25, -0.2) is 9.97 Å². The highest BCUT2D eigenvalue weighted by Crippen LogP contribution is 2.26. The summed E-state index contributed by atoms with van der Waals surface area (Å²) in [5.74, 6) is 0.743. The molecule has 0 aliphatic heterocycles. The van der Waals surface area contributed by atoms with Gasteiger partial charge in [0.25, 0.3) is 5.56 Å². The van der Waals surface area contributed by atoms with Gasteiger partial charge in [0.1, 0.15) is 25.6 Å². The van der Waals surface area contributed by atoms with Crippen LogP contribution in [0.1, 0.15) is 24.2 Å². The highest BCUT2D eigenvalue weighted by Gasteiger charge is 2.19. The van der Waals surface area contributed by atoms with E-state index < -0.39 is 0 Å². The molecule has 0 spiro atoms. The lowest BCUT2D eigenvalue weighted by Crippen LogP contribution is -2.26. The molecular formula is C24H22BN5O. The first-order valence-corrected chi connectivity index (χ1v) is 10.3. The smallest absolute Gasteiger partial charge is 0.263 e. The number of benzene rings is 2. The van der Waals surface area contributed by atoms with E-state index in [1.807, 2.05) is 76.4 Å². The van der Waals surface area contributed by atoms with Crippen molar-refractivity contribution in [2.75, 3.05) is 5.32 Å². The van der Waals surface area contributed by atoms with E-state index in [0.717, 1.165) is 50.0 Å². The molecule has 0 unspecified atom stereocenters. The largest absolute Gasteiger partial charge is 0.361 e. The number of aryl methyl sites for hydroxylation is 1. The van der Waals surface area contributed by atoms with Crippen LogP contribution in [-0.4, -0.2) is 27.4 Å². The van der Waals surface area contributed by atoms with E-state index in [9.17, 15) is 4.79 Å². The molecule has 3 aromatic heterocycles. The molecule has 0 fully saturated rings. The number of rotatable bonds is 4. The number of hydrogen-bond acceptors (Lipinski definition) is 4. The van der Waals surface area contributed by atoms with Gasteiger partial charge in [0.15, 0.2) is 0 Å². The van der Waals surface area contributed by atoms with Crippen molar-refractivity contribution in [1.82, 2.24) is 19.5 Å². The number of aromatic amines is 1. The average Bonchev–Trinajstić information content (AvgIpc) is 3.16. The fraction of sp³-hybridized carbons (Fsp3) is 0.125. The predicted octanol–water partition coefficient (Wildman–Crippen LogP) is 3.00. The Morgan fingerprint density at radius 1 is 1.06 bits per heavy atom. The minimum absolute atomic E-state index is 0.0175. The lowest BCUT2D eigenvalue weighted by atomic mass is 9.97. The van der Waals surface area contributed by atoms with Gasteiger partial charge < -0.3 is 10.3 Å². The van der Waals surface area contributed by atoms with Gasteiger partial charge in [-0.1, -0.05) is 41.9 Å². The van der Waals surface area contributed by atoms with Gasteiger partial charge in [0.2, 0.25) is 0 Å². The minimum Gasteiger partial charge on any atom is -0.361 e. The summed E-state index contributed by atoms with van der Waals surface area (Å²) in [4.78, 5) is 25.6. The second-order valence-electron chi connectivity index (χ2n) is 7.87. The number of para-hydroxylation sites is 1. The Labute approximate surface area is 180 Å². The number of aromatic nitrogens is 4. The lowest BCUT2D eigenvalue weighted by Gasteiger charge is -2.22. The summed E-state index contributed by atoms with van der Waals surface area (Å²) in [6.45, 7) is 4.03. The molecule has 152 valence electrons. The number of nitrogens with one attached hydrogen (secondary N) is 2. The van der Waals surface area contributed by atoms with Crippen LogP contribution in [0.3, 0.4) is 0 Å². The molecule has 0 saturated heterocycles. The van der Waals surface area contributed by atoms with Crippen molar-refractivity contribution in [2.45, 2.75) is 19.9 Å². The zero-order valence-corrected chi connectivity index (χ0v) is 17.7. The van der Waals surface area contributed by atoms with Crippen molar-refractivity contribution in [3.05, 3.63) is 88.7 Å². The maximum absolute atomic E-state index is 13.7. The first-order valence-electron chi connectivity index (χ1n) is 10.3. The highest BCUT2D eigenvalue weighted by atomic mass is 16.1. The van der Waals surface area contributed by atoms with Crippen molar-refractivity contribution < 1.29 is 0 Å². The average molecular weight is 407 g/mol. The number of H-pyrrole nitrogens is 1. The standard InChI is InChI=1S/C24H22BN5O/c1-14-7-6-8-16-11-19(30(24(31)20(14)16)17-9-4-3-5-10-17)15(2)29-23-21-18(25)12-26-22(21)27-13-28-23/h3-13,15H,25H2,1-2H3,(H2,26,27,28,29)/t15-/m0/s1. The first-order chi connectivity index (χ1) is 15.0. The maximum Gasteiger partial charge on any atom is 0.263 e. The van der Waals surface area contributed by atoms with Gasteiger partial charge >= 0.3 is 0 Å². The molecule has 7 heteroatoms. The van der Waals surface area contributed by atoms with Gasteiger partial charge in [-0.2, -0.15) is 0 Å². The van der Waals surface area contributed by atoms with Gasteiger partial charge in [-0.15, -0.1) is 0 Å². The minimum atomic E-state index is -0.176. The number of anilines is 1. The quantitative estimate of drug-likeness (QED) is 0.449. The van der Waals surface area contributed by atoms with Crippen molar-refractivity contribution >= 4 is 40.9 Å². The van der Waals surface area contributed by atoms with Crippen LogP contribution in [0.15, 0.2) is 71.9 Å². The van der Waals surface area contributed by atoms with Crippen LogP contribution in [0.2, 0.25) is 0 Å². The summed E-state index contributed by atoms with van der Waals surface area (Å²) in [7, 11) is 2.02. The molecular weight excluding hydrogens is 385 g/mol. The monoisotopic (exact) mass is 407 g/mol. The van der Waals surface area contributed by atoms with Gasteiger partial charge in [0.05, 0.1) is 16.8 Å². The third kappa shape index (κ3) is 3.19. The summed E-state index contributed by atoms with van der Waals surface area (Å²) in [6.07, 6.45) is 3.47. The van der Waals surface area contributed by atoms with E-state index in [1.54, 1.807) is 10.9 Å². The Balaban J connectivity index is 1.71. The Kier molecular flexibility index (Phi) is 4.58. The highest BCUT2D eigenvalue weighted by molar-refractivity contribution is 6.39.